The number of thiophene rings is 1. The molecule has 72 valence electrons. The Hall–Kier alpha value is -0.540. The molecule has 1 atom stereocenters. The van der Waals surface area contributed by atoms with Gasteiger partial charge in [0.25, 0.3) is 0 Å². The van der Waals surface area contributed by atoms with Gasteiger partial charge in [-0.05, 0) is 17.9 Å². The van der Waals surface area contributed by atoms with E-state index in [1.165, 1.54) is 12.1 Å². The Balaban J connectivity index is 2.00. The Morgan fingerprint density at radius 2 is 2.62 bits per heavy atom. The molecule has 0 bridgehead atoms. The maximum Gasteiger partial charge on any atom is 0.0475 e. The van der Waals surface area contributed by atoms with Crippen LogP contribution in [0.2, 0.25) is 0 Å². The second kappa shape index (κ2) is 4.11. The second-order valence-electron chi connectivity index (χ2n) is 3.49. The second-order valence-corrected chi connectivity index (χ2v) is 4.27. The largest absolute Gasteiger partial charge is 0.368 e. The average molecular weight is 196 g/mol. The minimum Gasteiger partial charge on any atom is -0.368 e. The van der Waals surface area contributed by atoms with E-state index in [0.29, 0.717) is 6.04 Å². The van der Waals surface area contributed by atoms with Gasteiger partial charge in [-0.1, -0.05) is 6.92 Å². The van der Waals surface area contributed by atoms with Crippen LogP contribution >= 0.6 is 11.3 Å². The highest BCUT2D eigenvalue weighted by Crippen LogP contribution is 2.19. The van der Waals surface area contributed by atoms with E-state index in [0.717, 1.165) is 19.6 Å². The zero-order valence-corrected chi connectivity index (χ0v) is 8.81. The SMILES string of the molecule is CCC1CN(c2ccsc2)CCN1. The van der Waals surface area contributed by atoms with Crippen LogP contribution in [0.15, 0.2) is 16.8 Å². The average Bonchev–Trinajstić information content (AvgIpc) is 2.71. The van der Waals surface area contributed by atoms with Gasteiger partial charge in [-0.15, -0.1) is 0 Å². The van der Waals surface area contributed by atoms with E-state index in [-0.39, 0.29) is 0 Å². The smallest absolute Gasteiger partial charge is 0.0475 e. The molecule has 1 fully saturated rings. The van der Waals surface area contributed by atoms with Crippen molar-refractivity contribution >= 4 is 17.0 Å². The fourth-order valence-corrected chi connectivity index (χ4v) is 2.43. The molecule has 1 aliphatic rings. The van der Waals surface area contributed by atoms with Crippen molar-refractivity contribution in [2.45, 2.75) is 19.4 Å². The van der Waals surface area contributed by atoms with Crippen molar-refractivity contribution in [2.24, 2.45) is 0 Å². The van der Waals surface area contributed by atoms with E-state index < -0.39 is 0 Å². The van der Waals surface area contributed by atoms with Crippen LogP contribution < -0.4 is 10.2 Å². The summed E-state index contributed by atoms with van der Waals surface area (Å²) in [5, 5.41) is 7.91. The van der Waals surface area contributed by atoms with Gasteiger partial charge in [0, 0.05) is 36.7 Å². The Morgan fingerprint density at radius 1 is 1.69 bits per heavy atom. The highest BCUT2D eigenvalue weighted by atomic mass is 32.1. The number of nitrogens with one attached hydrogen (secondary N) is 1. The van der Waals surface area contributed by atoms with E-state index in [2.05, 4.69) is 34.0 Å². The van der Waals surface area contributed by atoms with Crippen molar-refractivity contribution in [3.05, 3.63) is 16.8 Å². The fourth-order valence-electron chi connectivity index (χ4n) is 1.77. The summed E-state index contributed by atoms with van der Waals surface area (Å²) in [5.41, 5.74) is 1.39. The summed E-state index contributed by atoms with van der Waals surface area (Å²) in [6, 6.07) is 2.89. The van der Waals surface area contributed by atoms with Crippen molar-refractivity contribution < 1.29 is 0 Å². The van der Waals surface area contributed by atoms with E-state index >= 15 is 0 Å². The normalized spacial score (nSPS) is 23.5. The molecule has 0 amide bonds. The van der Waals surface area contributed by atoms with Gasteiger partial charge in [-0.25, -0.2) is 0 Å². The summed E-state index contributed by atoms with van der Waals surface area (Å²) in [6.45, 7) is 5.67. The lowest BCUT2D eigenvalue weighted by Crippen LogP contribution is -2.50. The maximum absolute atomic E-state index is 3.52. The zero-order valence-electron chi connectivity index (χ0n) is 7.99. The fraction of sp³-hybridized carbons (Fsp3) is 0.600. The lowest BCUT2D eigenvalue weighted by molar-refractivity contribution is 0.447. The maximum atomic E-state index is 3.52. The Morgan fingerprint density at radius 3 is 3.31 bits per heavy atom. The number of rotatable bonds is 2. The van der Waals surface area contributed by atoms with E-state index in [4.69, 9.17) is 0 Å². The molecule has 0 spiro atoms. The molecule has 0 radical (unpaired) electrons. The van der Waals surface area contributed by atoms with Crippen LogP contribution in [0, 0.1) is 0 Å². The van der Waals surface area contributed by atoms with Gasteiger partial charge in [0.1, 0.15) is 0 Å². The first-order valence-corrected chi connectivity index (χ1v) is 5.85. The van der Waals surface area contributed by atoms with Gasteiger partial charge in [0.05, 0.1) is 0 Å². The molecule has 2 heterocycles. The van der Waals surface area contributed by atoms with Gasteiger partial charge in [-0.3, -0.25) is 0 Å². The zero-order chi connectivity index (χ0) is 9.10. The molecule has 2 nitrogen and oxygen atoms in total. The summed E-state index contributed by atoms with van der Waals surface area (Å²) in [4.78, 5) is 2.47. The molecule has 0 aromatic carbocycles. The van der Waals surface area contributed by atoms with Crippen molar-refractivity contribution in [3.8, 4) is 0 Å². The van der Waals surface area contributed by atoms with E-state index in [9.17, 15) is 0 Å². The van der Waals surface area contributed by atoms with Crippen molar-refractivity contribution in [1.82, 2.24) is 5.32 Å². The Kier molecular flexibility index (Phi) is 2.86. The molecule has 1 unspecified atom stereocenters. The van der Waals surface area contributed by atoms with Crippen LogP contribution in [0.5, 0.6) is 0 Å². The van der Waals surface area contributed by atoms with Crippen molar-refractivity contribution in [2.75, 3.05) is 24.5 Å². The van der Waals surface area contributed by atoms with Gasteiger partial charge in [0.2, 0.25) is 0 Å². The summed E-state index contributed by atoms with van der Waals surface area (Å²) >= 11 is 1.78. The van der Waals surface area contributed by atoms with Crippen LogP contribution in [-0.4, -0.2) is 25.7 Å². The molecule has 1 N–H and O–H groups in total. The molecule has 1 aromatic rings. The van der Waals surface area contributed by atoms with Crippen LogP contribution in [0.1, 0.15) is 13.3 Å². The highest BCUT2D eigenvalue weighted by molar-refractivity contribution is 7.08. The monoisotopic (exact) mass is 196 g/mol. The van der Waals surface area contributed by atoms with E-state index in [1.807, 2.05) is 0 Å². The van der Waals surface area contributed by atoms with Crippen LogP contribution in [-0.2, 0) is 0 Å². The Bertz CT molecular complexity index is 245. The number of piperazine rings is 1. The molecule has 13 heavy (non-hydrogen) atoms. The lowest BCUT2D eigenvalue weighted by Gasteiger charge is -2.34. The van der Waals surface area contributed by atoms with Crippen LogP contribution in [0.25, 0.3) is 0 Å². The molecular formula is C10H16N2S. The van der Waals surface area contributed by atoms with E-state index in [1.54, 1.807) is 11.3 Å². The first-order chi connectivity index (χ1) is 6.40. The van der Waals surface area contributed by atoms with Gasteiger partial charge in [0.15, 0.2) is 0 Å². The molecular weight excluding hydrogens is 180 g/mol. The first-order valence-electron chi connectivity index (χ1n) is 4.90. The third-order valence-electron chi connectivity index (χ3n) is 2.62. The highest BCUT2D eigenvalue weighted by Gasteiger charge is 2.17. The molecule has 1 aliphatic heterocycles. The molecule has 1 aromatic heterocycles. The minimum atomic E-state index is 0.675. The quantitative estimate of drug-likeness (QED) is 0.777. The standard InChI is InChI=1S/C10H16N2S/c1-2-9-7-12(5-4-11-9)10-3-6-13-8-10/h3,6,8-9,11H,2,4-5,7H2,1H3. The predicted octanol–water partition coefficient (Wildman–Crippen LogP) is 1.94. The minimum absolute atomic E-state index is 0.675. The molecule has 3 heteroatoms. The molecule has 1 saturated heterocycles. The number of hydrogen-bond acceptors (Lipinski definition) is 3. The summed E-state index contributed by atoms with van der Waals surface area (Å²) in [7, 11) is 0. The molecule has 2 rings (SSSR count). The van der Waals surface area contributed by atoms with Crippen molar-refractivity contribution in [1.29, 1.82) is 0 Å². The third-order valence-corrected chi connectivity index (χ3v) is 3.29. The van der Waals surface area contributed by atoms with Crippen LogP contribution in [0.4, 0.5) is 5.69 Å². The first kappa shape index (κ1) is 9.03. The van der Waals surface area contributed by atoms with Gasteiger partial charge in [-0.2, -0.15) is 11.3 Å². The number of hydrogen-bond donors (Lipinski definition) is 1. The number of nitrogens with zero attached hydrogens (tertiary/aromatic N) is 1. The summed E-state index contributed by atoms with van der Waals surface area (Å²) < 4.78 is 0. The lowest BCUT2D eigenvalue weighted by atomic mass is 10.1. The molecule has 0 saturated carbocycles. The van der Waals surface area contributed by atoms with Crippen LogP contribution in [0.3, 0.4) is 0 Å². The summed E-state index contributed by atoms with van der Waals surface area (Å²) in [6.07, 6.45) is 1.22. The van der Waals surface area contributed by atoms with Gasteiger partial charge < -0.3 is 10.2 Å². The topological polar surface area (TPSA) is 15.3 Å². The van der Waals surface area contributed by atoms with Gasteiger partial charge >= 0.3 is 0 Å². The summed E-state index contributed by atoms with van der Waals surface area (Å²) in [5.74, 6) is 0. The Labute approximate surface area is 83.6 Å². The van der Waals surface area contributed by atoms with Crippen molar-refractivity contribution in [3.63, 3.8) is 0 Å². The number of anilines is 1. The predicted molar refractivity (Wildman–Crippen MR) is 58.6 cm³/mol. The third kappa shape index (κ3) is 2.03. The molecule has 0 aliphatic carbocycles.